The molecule has 0 amide bonds. The van der Waals surface area contributed by atoms with Crippen molar-refractivity contribution in [2.75, 3.05) is 26.9 Å². The molecular formula is C13H30N2O2. The lowest BCUT2D eigenvalue weighted by Gasteiger charge is -2.42. The maximum atomic E-state index is 9.62. The highest BCUT2D eigenvalue weighted by atomic mass is 16.5. The van der Waals surface area contributed by atoms with Gasteiger partial charge in [-0.15, -0.1) is 0 Å². The van der Waals surface area contributed by atoms with Gasteiger partial charge in [0.15, 0.2) is 0 Å². The van der Waals surface area contributed by atoms with Gasteiger partial charge in [-0.1, -0.05) is 20.8 Å². The van der Waals surface area contributed by atoms with E-state index >= 15 is 0 Å². The summed E-state index contributed by atoms with van der Waals surface area (Å²) >= 11 is 0. The first kappa shape index (κ1) is 16.8. The number of rotatable bonds is 7. The van der Waals surface area contributed by atoms with Crippen molar-refractivity contribution in [1.29, 1.82) is 0 Å². The lowest BCUT2D eigenvalue weighted by Crippen LogP contribution is -2.58. The number of ether oxygens (including phenoxy) is 1. The van der Waals surface area contributed by atoms with Crippen LogP contribution in [0.1, 0.15) is 34.6 Å². The van der Waals surface area contributed by atoms with E-state index in [0.717, 1.165) is 6.54 Å². The molecule has 104 valence electrons. The quantitative estimate of drug-likeness (QED) is 0.706. The summed E-state index contributed by atoms with van der Waals surface area (Å²) in [5, 5.41) is 9.62. The minimum Gasteiger partial charge on any atom is -0.395 e. The molecule has 0 aliphatic heterocycles. The number of nitrogens with two attached hydrogens (primary N) is 1. The number of nitrogens with zero attached hydrogens (tertiary/aromatic N) is 1. The third-order valence-corrected chi connectivity index (χ3v) is 3.24. The topological polar surface area (TPSA) is 58.7 Å². The second-order valence-corrected chi connectivity index (χ2v) is 5.97. The molecule has 4 heteroatoms. The van der Waals surface area contributed by atoms with Crippen molar-refractivity contribution in [3.8, 4) is 0 Å². The van der Waals surface area contributed by atoms with Crippen LogP contribution in [0.15, 0.2) is 0 Å². The van der Waals surface area contributed by atoms with Gasteiger partial charge in [0.25, 0.3) is 0 Å². The van der Waals surface area contributed by atoms with Crippen LogP contribution < -0.4 is 5.73 Å². The Morgan fingerprint density at radius 3 is 2.12 bits per heavy atom. The lowest BCUT2D eigenvalue weighted by atomic mass is 9.82. The molecule has 0 radical (unpaired) electrons. The summed E-state index contributed by atoms with van der Waals surface area (Å²) in [7, 11) is 1.69. The van der Waals surface area contributed by atoms with Crippen molar-refractivity contribution in [3.63, 3.8) is 0 Å². The van der Waals surface area contributed by atoms with Crippen molar-refractivity contribution >= 4 is 0 Å². The molecular weight excluding hydrogens is 216 g/mol. The third kappa shape index (κ3) is 5.34. The van der Waals surface area contributed by atoms with Crippen molar-refractivity contribution < 1.29 is 9.84 Å². The van der Waals surface area contributed by atoms with E-state index in [4.69, 9.17) is 10.5 Å². The molecule has 0 bridgehead atoms. The van der Waals surface area contributed by atoms with Gasteiger partial charge < -0.3 is 15.6 Å². The average molecular weight is 246 g/mol. The van der Waals surface area contributed by atoms with E-state index in [1.165, 1.54) is 0 Å². The van der Waals surface area contributed by atoms with Gasteiger partial charge in [-0.2, -0.15) is 0 Å². The Kier molecular flexibility index (Phi) is 7.24. The Bertz CT molecular complexity index is 202. The number of aliphatic hydroxyl groups excluding tert-OH is 1. The first-order chi connectivity index (χ1) is 7.75. The Balaban J connectivity index is 4.77. The Labute approximate surface area is 106 Å². The predicted octanol–water partition coefficient (Wildman–Crippen LogP) is 1.08. The van der Waals surface area contributed by atoms with Crippen LogP contribution in [0.25, 0.3) is 0 Å². The highest BCUT2D eigenvalue weighted by Gasteiger charge is 2.33. The molecule has 0 heterocycles. The zero-order valence-corrected chi connectivity index (χ0v) is 12.2. The molecule has 0 fully saturated rings. The number of hydrogen-bond acceptors (Lipinski definition) is 4. The highest BCUT2D eigenvalue weighted by Crippen LogP contribution is 2.23. The predicted molar refractivity (Wildman–Crippen MR) is 72.0 cm³/mol. The minimum atomic E-state index is -0.0632. The van der Waals surface area contributed by atoms with E-state index in [1.807, 2.05) is 0 Å². The SMILES string of the molecule is COCCN(C(C)C)C(CO)C(N)C(C)(C)C. The van der Waals surface area contributed by atoms with Gasteiger partial charge in [-0.3, -0.25) is 4.90 Å². The third-order valence-electron chi connectivity index (χ3n) is 3.24. The molecule has 0 aromatic carbocycles. The van der Waals surface area contributed by atoms with E-state index in [-0.39, 0.29) is 24.1 Å². The van der Waals surface area contributed by atoms with Gasteiger partial charge in [0, 0.05) is 31.8 Å². The van der Waals surface area contributed by atoms with Crippen LogP contribution in [0.2, 0.25) is 0 Å². The number of methoxy groups -OCH3 is 1. The largest absolute Gasteiger partial charge is 0.395 e. The molecule has 2 atom stereocenters. The van der Waals surface area contributed by atoms with Gasteiger partial charge in [0.1, 0.15) is 0 Å². The maximum absolute atomic E-state index is 9.62. The van der Waals surface area contributed by atoms with E-state index < -0.39 is 0 Å². The van der Waals surface area contributed by atoms with Crippen molar-refractivity contribution in [1.82, 2.24) is 4.90 Å². The summed E-state index contributed by atoms with van der Waals surface area (Å²) < 4.78 is 5.12. The first-order valence-corrected chi connectivity index (χ1v) is 6.36. The maximum Gasteiger partial charge on any atom is 0.0602 e. The molecule has 0 saturated heterocycles. The van der Waals surface area contributed by atoms with Crippen LogP contribution in [0, 0.1) is 5.41 Å². The number of hydrogen-bond donors (Lipinski definition) is 2. The summed E-state index contributed by atoms with van der Waals surface area (Å²) in [6, 6.07) is 0.257. The van der Waals surface area contributed by atoms with Gasteiger partial charge in [0.05, 0.1) is 13.2 Å². The molecule has 0 spiro atoms. The molecule has 17 heavy (non-hydrogen) atoms. The summed E-state index contributed by atoms with van der Waals surface area (Å²) in [6.07, 6.45) is 0. The summed E-state index contributed by atoms with van der Waals surface area (Å²) in [4.78, 5) is 2.22. The van der Waals surface area contributed by atoms with Crippen molar-refractivity contribution in [2.24, 2.45) is 11.1 Å². The van der Waals surface area contributed by atoms with Crippen LogP contribution in [0.4, 0.5) is 0 Å². The monoisotopic (exact) mass is 246 g/mol. The molecule has 0 aliphatic rings. The van der Waals surface area contributed by atoms with Crippen molar-refractivity contribution in [3.05, 3.63) is 0 Å². The molecule has 0 rings (SSSR count). The fourth-order valence-corrected chi connectivity index (χ4v) is 2.01. The van der Waals surface area contributed by atoms with Gasteiger partial charge in [0.2, 0.25) is 0 Å². The smallest absolute Gasteiger partial charge is 0.0602 e. The highest BCUT2D eigenvalue weighted by molar-refractivity contribution is 4.90. The van der Waals surface area contributed by atoms with E-state index in [2.05, 4.69) is 39.5 Å². The zero-order valence-electron chi connectivity index (χ0n) is 12.2. The summed E-state index contributed by atoms with van der Waals surface area (Å²) in [5.74, 6) is 0. The minimum absolute atomic E-state index is 0.0202. The van der Waals surface area contributed by atoms with Crippen LogP contribution in [0.3, 0.4) is 0 Å². The molecule has 4 nitrogen and oxygen atoms in total. The van der Waals surface area contributed by atoms with Crippen LogP contribution in [0.5, 0.6) is 0 Å². The van der Waals surface area contributed by atoms with E-state index in [0.29, 0.717) is 12.6 Å². The molecule has 0 aliphatic carbocycles. The van der Waals surface area contributed by atoms with Crippen molar-refractivity contribution in [2.45, 2.75) is 52.7 Å². The molecule has 0 saturated carbocycles. The molecule has 0 aromatic heterocycles. The molecule has 2 unspecified atom stereocenters. The lowest BCUT2D eigenvalue weighted by molar-refractivity contribution is 0.0312. The Morgan fingerprint density at radius 2 is 1.82 bits per heavy atom. The Morgan fingerprint density at radius 1 is 1.29 bits per heavy atom. The normalized spacial score (nSPS) is 16.6. The van der Waals surface area contributed by atoms with E-state index in [1.54, 1.807) is 7.11 Å². The van der Waals surface area contributed by atoms with Gasteiger partial charge in [-0.05, 0) is 19.3 Å². The van der Waals surface area contributed by atoms with Crippen LogP contribution >= 0.6 is 0 Å². The van der Waals surface area contributed by atoms with Gasteiger partial charge in [-0.25, -0.2) is 0 Å². The van der Waals surface area contributed by atoms with Gasteiger partial charge >= 0.3 is 0 Å². The second-order valence-electron chi connectivity index (χ2n) is 5.97. The fourth-order valence-electron chi connectivity index (χ4n) is 2.01. The average Bonchev–Trinajstić information content (AvgIpc) is 2.21. The fraction of sp³-hybridized carbons (Fsp3) is 1.00. The Hall–Kier alpha value is -0.160. The van der Waals surface area contributed by atoms with Crippen LogP contribution in [-0.4, -0.2) is 55.0 Å². The standard InChI is InChI=1S/C13H30N2O2/c1-10(2)15(7-8-17-6)11(9-16)12(14)13(3,4)5/h10-12,16H,7-9,14H2,1-6H3. The number of aliphatic hydroxyl groups is 1. The molecule has 3 N–H and O–H groups in total. The van der Waals surface area contributed by atoms with E-state index in [9.17, 15) is 5.11 Å². The first-order valence-electron chi connectivity index (χ1n) is 6.36. The summed E-state index contributed by atoms with van der Waals surface area (Å²) in [5.41, 5.74) is 6.25. The second kappa shape index (κ2) is 7.31. The molecule has 0 aromatic rings. The van der Waals surface area contributed by atoms with Crippen LogP contribution in [-0.2, 0) is 4.74 Å². The zero-order chi connectivity index (χ0) is 13.6. The summed E-state index contributed by atoms with van der Waals surface area (Å²) in [6.45, 7) is 12.1.